The van der Waals surface area contributed by atoms with E-state index >= 15 is 0 Å². The first-order chi connectivity index (χ1) is 14.5. The van der Waals surface area contributed by atoms with Crippen molar-refractivity contribution in [1.82, 2.24) is 10.3 Å². The van der Waals surface area contributed by atoms with E-state index in [1.807, 2.05) is 18.2 Å². The van der Waals surface area contributed by atoms with E-state index in [1.54, 1.807) is 26.4 Å². The Hall–Kier alpha value is -3.06. The first-order valence-electron chi connectivity index (χ1n) is 10.3. The number of aryl methyl sites for hydroxylation is 1. The van der Waals surface area contributed by atoms with Crippen molar-refractivity contribution in [1.29, 1.82) is 0 Å². The molecule has 30 heavy (non-hydrogen) atoms. The number of nitrogens with zero attached hydrogens (tertiary/aromatic N) is 1. The summed E-state index contributed by atoms with van der Waals surface area (Å²) < 4.78 is 10.7. The molecule has 158 valence electrons. The summed E-state index contributed by atoms with van der Waals surface area (Å²) in [6.45, 7) is 2.18. The van der Waals surface area contributed by atoms with Gasteiger partial charge in [-0.1, -0.05) is 6.07 Å². The SMILES string of the molecule is COc1ccc(C[C@H](C)N[C@@H]2CCCc3c2[nH]c2ccc([N+](=O)[O-])cc32)cc1OC. The van der Waals surface area contributed by atoms with Gasteiger partial charge in [0.25, 0.3) is 5.69 Å². The average molecular weight is 409 g/mol. The van der Waals surface area contributed by atoms with Crippen molar-refractivity contribution in [3.63, 3.8) is 0 Å². The lowest BCUT2D eigenvalue weighted by Crippen LogP contribution is -2.34. The minimum atomic E-state index is -0.331. The summed E-state index contributed by atoms with van der Waals surface area (Å²) in [5, 5.41) is 15.9. The second-order valence-corrected chi connectivity index (χ2v) is 7.91. The molecule has 3 aromatic rings. The van der Waals surface area contributed by atoms with Crippen molar-refractivity contribution in [3.8, 4) is 11.5 Å². The first-order valence-corrected chi connectivity index (χ1v) is 10.3. The Balaban J connectivity index is 1.53. The van der Waals surface area contributed by atoms with E-state index < -0.39 is 0 Å². The van der Waals surface area contributed by atoms with E-state index in [9.17, 15) is 10.1 Å². The van der Waals surface area contributed by atoms with Crippen molar-refractivity contribution >= 4 is 16.6 Å². The molecule has 4 rings (SSSR count). The number of ether oxygens (including phenoxy) is 2. The fraction of sp³-hybridized carbons (Fsp3) is 0.391. The summed E-state index contributed by atoms with van der Waals surface area (Å²) in [6.07, 6.45) is 3.90. The third-order valence-electron chi connectivity index (χ3n) is 5.88. The zero-order valence-electron chi connectivity index (χ0n) is 17.5. The van der Waals surface area contributed by atoms with Crippen LogP contribution in [0.25, 0.3) is 10.9 Å². The minimum Gasteiger partial charge on any atom is -0.493 e. The number of fused-ring (bicyclic) bond motifs is 3. The summed E-state index contributed by atoms with van der Waals surface area (Å²) in [6, 6.07) is 11.5. The van der Waals surface area contributed by atoms with Crippen LogP contribution in [0.5, 0.6) is 11.5 Å². The highest BCUT2D eigenvalue weighted by Crippen LogP contribution is 2.36. The number of benzene rings is 2. The number of methoxy groups -OCH3 is 2. The molecule has 0 unspecified atom stereocenters. The van der Waals surface area contributed by atoms with Gasteiger partial charge in [0.1, 0.15) is 0 Å². The number of nitrogens with one attached hydrogen (secondary N) is 2. The highest BCUT2D eigenvalue weighted by molar-refractivity contribution is 5.87. The van der Waals surface area contributed by atoms with Crippen molar-refractivity contribution < 1.29 is 14.4 Å². The van der Waals surface area contributed by atoms with Crippen LogP contribution in [-0.4, -0.2) is 30.2 Å². The summed E-state index contributed by atoms with van der Waals surface area (Å²) in [4.78, 5) is 14.4. The number of non-ortho nitro benzene ring substituents is 1. The number of rotatable bonds is 7. The van der Waals surface area contributed by atoms with E-state index in [1.165, 1.54) is 11.1 Å². The Labute approximate surface area is 175 Å². The Morgan fingerprint density at radius 1 is 1.20 bits per heavy atom. The predicted octanol–water partition coefficient (Wildman–Crippen LogP) is 4.69. The van der Waals surface area contributed by atoms with Crippen LogP contribution in [0.3, 0.4) is 0 Å². The monoisotopic (exact) mass is 409 g/mol. The van der Waals surface area contributed by atoms with Gasteiger partial charge in [-0.25, -0.2) is 0 Å². The smallest absolute Gasteiger partial charge is 0.270 e. The summed E-state index contributed by atoms with van der Waals surface area (Å²) >= 11 is 0. The lowest BCUT2D eigenvalue weighted by Gasteiger charge is -2.27. The van der Waals surface area contributed by atoms with Crippen molar-refractivity contribution in [2.24, 2.45) is 0 Å². The lowest BCUT2D eigenvalue weighted by molar-refractivity contribution is -0.384. The topological polar surface area (TPSA) is 89.4 Å². The molecule has 0 amide bonds. The zero-order chi connectivity index (χ0) is 21.3. The van der Waals surface area contributed by atoms with Gasteiger partial charge in [0, 0.05) is 40.8 Å². The molecule has 2 atom stereocenters. The van der Waals surface area contributed by atoms with E-state index in [4.69, 9.17) is 9.47 Å². The molecule has 1 aliphatic rings. The summed E-state index contributed by atoms with van der Waals surface area (Å²) in [7, 11) is 3.28. The highest BCUT2D eigenvalue weighted by Gasteiger charge is 2.26. The van der Waals surface area contributed by atoms with Crippen LogP contribution in [-0.2, 0) is 12.8 Å². The molecule has 7 heteroatoms. The molecule has 7 nitrogen and oxygen atoms in total. The Bertz CT molecular complexity index is 1080. The van der Waals surface area contributed by atoms with E-state index in [0.29, 0.717) is 0 Å². The normalized spacial score (nSPS) is 16.8. The van der Waals surface area contributed by atoms with Gasteiger partial charge in [0.15, 0.2) is 11.5 Å². The molecule has 2 N–H and O–H groups in total. The van der Waals surface area contributed by atoms with Crippen molar-refractivity contribution in [2.75, 3.05) is 14.2 Å². The standard InChI is InChI=1S/C23H27N3O4/c1-14(11-15-7-10-21(29-2)22(12-15)30-3)24-20-6-4-5-17-18-13-16(26(27)28)8-9-19(18)25-23(17)20/h7-10,12-14,20,24-25H,4-6,11H2,1-3H3/t14-,20+/m0/s1. The molecule has 0 bridgehead atoms. The molecule has 2 aromatic carbocycles. The Morgan fingerprint density at radius 2 is 2.00 bits per heavy atom. The number of aromatic nitrogens is 1. The Kier molecular flexibility index (Phi) is 5.63. The van der Waals surface area contributed by atoms with Gasteiger partial charge in [-0.2, -0.15) is 0 Å². The second kappa shape index (κ2) is 8.36. The summed E-state index contributed by atoms with van der Waals surface area (Å²) in [5.41, 5.74) is 4.65. The van der Waals surface area contributed by atoms with Crippen LogP contribution in [0, 0.1) is 10.1 Å². The van der Waals surface area contributed by atoms with E-state index in [2.05, 4.69) is 23.3 Å². The first kappa shape index (κ1) is 20.2. The number of hydrogen-bond acceptors (Lipinski definition) is 5. The van der Waals surface area contributed by atoms with Gasteiger partial charge < -0.3 is 19.8 Å². The molecular weight excluding hydrogens is 382 g/mol. The van der Waals surface area contributed by atoms with Gasteiger partial charge in [-0.05, 0) is 61.9 Å². The van der Waals surface area contributed by atoms with Gasteiger partial charge in [-0.3, -0.25) is 10.1 Å². The third kappa shape index (κ3) is 3.85. The van der Waals surface area contributed by atoms with E-state index in [0.717, 1.165) is 53.8 Å². The number of aromatic amines is 1. The molecule has 0 fully saturated rings. The van der Waals surface area contributed by atoms with Crippen molar-refractivity contribution in [3.05, 3.63) is 63.3 Å². The maximum atomic E-state index is 11.2. The van der Waals surface area contributed by atoms with Gasteiger partial charge >= 0.3 is 0 Å². The van der Waals surface area contributed by atoms with Gasteiger partial charge in [-0.15, -0.1) is 0 Å². The molecule has 1 aliphatic carbocycles. The maximum Gasteiger partial charge on any atom is 0.270 e. The average Bonchev–Trinajstić information content (AvgIpc) is 3.12. The second-order valence-electron chi connectivity index (χ2n) is 7.91. The molecule has 0 radical (unpaired) electrons. The van der Waals surface area contributed by atoms with Crippen LogP contribution in [0.15, 0.2) is 36.4 Å². The maximum absolute atomic E-state index is 11.2. The third-order valence-corrected chi connectivity index (χ3v) is 5.88. The number of nitro groups is 1. The molecule has 1 aromatic heterocycles. The zero-order valence-corrected chi connectivity index (χ0v) is 17.5. The van der Waals surface area contributed by atoms with E-state index in [-0.39, 0.29) is 22.7 Å². The molecule has 0 saturated carbocycles. The van der Waals surface area contributed by atoms with Crippen LogP contribution in [0.2, 0.25) is 0 Å². The molecule has 1 heterocycles. The highest BCUT2D eigenvalue weighted by atomic mass is 16.6. The Morgan fingerprint density at radius 3 is 2.73 bits per heavy atom. The van der Waals surface area contributed by atoms with Crippen molar-refractivity contribution in [2.45, 2.75) is 44.7 Å². The fourth-order valence-corrected chi connectivity index (χ4v) is 4.49. The number of hydrogen-bond donors (Lipinski definition) is 2. The summed E-state index contributed by atoms with van der Waals surface area (Å²) in [5.74, 6) is 1.46. The predicted molar refractivity (Wildman–Crippen MR) is 116 cm³/mol. The molecular formula is C23H27N3O4. The largest absolute Gasteiger partial charge is 0.493 e. The van der Waals surface area contributed by atoms with Crippen LogP contribution >= 0.6 is 0 Å². The van der Waals surface area contributed by atoms with Gasteiger partial charge in [0.2, 0.25) is 0 Å². The van der Waals surface area contributed by atoms with Crippen LogP contribution < -0.4 is 14.8 Å². The van der Waals surface area contributed by atoms with Crippen LogP contribution in [0.4, 0.5) is 5.69 Å². The number of H-pyrrole nitrogens is 1. The molecule has 0 saturated heterocycles. The van der Waals surface area contributed by atoms with Crippen LogP contribution in [0.1, 0.15) is 42.6 Å². The molecule has 0 spiro atoms. The number of nitro benzene ring substituents is 1. The minimum absolute atomic E-state index is 0.140. The molecule has 0 aliphatic heterocycles. The fourth-order valence-electron chi connectivity index (χ4n) is 4.49. The lowest BCUT2D eigenvalue weighted by atomic mass is 9.91. The van der Waals surface area contributed by atoms with Gasteiger partial charge in [0.05, 0.1) is 19.1 Å². The quantitative estimate of drug-likeness (QED) is 0.436.